The number of ether oxygens (including phenoxy) is 1. The molecule has 25 heavy (non-hydrogen) atoms. The summed E-state index contributed by atoms with van der Waals surface area (Å²) in [5, 5.41) is 6.46. The minimum absolute atomic E-state index is 0.00727. The molecule has 0 unspecified atom stereocenters. The van der Waals surface area contributed by atoms with E-state index in [1.165, 1.54) is 0 Å². The van der Waals surface area contributed by atoms with E-state index in [2.05, 4.69) is 29.5 Å². The first-order chi connectivity index (χ1) is 11.8. The molecule has 0 aliphatic carbocycles. The fraction of sp³-hybridized carbons (Fsp3) is 0.579. The molecule has 0 fully saturated rings. The minimum atomic E-state index is 0.00727. The Kier molecular flexibility index (Phi) is 8.99. The van der Waals surface area contributed by atoms with E-state index in [9.17, 15) is 4.79 Å². The van der Waals surface area contributed by atoms with Crippen LogP contribution in [-0.4, -0.2) is 57.7 Å². The first kappa shape index (κ1) is 21.0. The summed E-state index contributed by atoms with van der Waals surface area (Å²) in [7, 11) is 5.20. The molecule has 2 N–H and O–H groups in total. The summed E-state index contributed by atoms with van der Waals surface area (Å²) in [6.45, 7) is 6.60. The van der Waals surface area contributed by atoms with Crippen LogP contribution in [0.15, 0.2) is 35.3 Å². The van der Waals surface area contributed by atoms with Crippen LogP contribution < -0.4 is 10.6 Å². The summed E-state index contributed by atoms with van der Waals surface area (Å²) < 4.78 is 5.17. The fourth-order valence-corrected chi connectivity index (χ4v) is 2.04. The Bertz CT molecular complexity index is 542. The second-order valence-electron chi connectivity index (χ2n) is 7.05. The van der Waals surface area contributed by atoms with E-state index in [-0.39, 0.29) is 17.9 Å². The van der Waals surface area contributed by atoms with Gasteiger partial charge >= 0.3 is 0 Å². The number of nitrogens with one attached hydrogen (secondary N) is 2. The Morgan fingerprint density at radius 1 is 1.20 bits per heavy atom. The van der Waals surface area contributed by atoms with Crippen molar-refractivity contribution in [2.45, 2.75) is 26.8 Å². The maximum absolute atomic E-state index is 11.8. The monoisotopic (exact) mass is 348 g/mol. The van der Waals surface area contributed by atoms with Crippen molar-refractivity contribution in [1.82, 2.24) is 15.5 Å². The van der Waals surface area contributed by atoms with E-state index >= 15 is 0 Å². The molecule has 6 heteroatoms. The van der Waals surface area contributed by atoms with Crippen molar-refractivity contribution in [3.8, 4) is 0 Å². The lowest BCUT2D eigenvalue weighted by atomic mass is 9.90. The normalized spacial score (nSPS) is 12.0. The molecular weight excluding hydrogens is 316 g/mol. The third kappa shape index (κ3) is 9.10. The third-order valence-electron chi connectivity index (χ3n) is 3.89. The molecule has 1 amide bonds. The predicted octanol–water partition coefficient (Wildman–Crippen LogP) is 1.87. The van der Waals surface area contributed by atoms with Gasteiger partial charge in [0.15, 0.2) is 5.96 Å². The number of likely N-dealkylation sites (N-methyl/N-ethyl adjacent to an activating group) is 1. The van der Waals surface area contributed by atoms with Gasteiger partial charge in [-0.3, -0.25) is 4.79 Å². The van der Waals surface area contributed by atoms with Crippen molar-refractivity contribution in [3.63, 3.8) is 0 Å². The average molecular weight is 348 g/mol. The number of rotatable bonds is 9. The lowest BCUT2D eigenvalue weighted by molar-refractivity contribution is -0.127. The first-order valence-corrected chi connectivity index (χ1v) is 8.59. The van der Waals surface area contributed by atoms with Crippen molar-refractivity contribution in [2.75, 3.05) is 40.9 Å². The number of carbonyl (C=O) groups excluding carboxylic acids is 1. The van der Waals surface area contributed by atoms with Gasteiger partial charge in [0.2, 0.25) is 5.91 Å². The Balaban J connectivity index is 2.68. The van der Waals surface area contributed by atoms with Crippen LogP contribution in [0, 0.1) is 5.41 Å². The number of guanidine groups is 1. The van der Waals surface area contributed by atoms with Gasteiger partial charge in [0.1, 0.15) is 0 Å². The molecule has 0 aliphatic rings. The molecule has 0 aliphatic heterocycles. The summed E-state index contributed by atoms with van der Waals surface area (Å²) in [6.07, 6.45) is 0.944. The summed E-state index contributed by atoms with van der Waals surface area (Å²) >= 11 is 0. The molecular formula is C19H32N4O2. The molecule has 0 aromatic heterocycles. The molecule has 0 spiro atoms. The topological polar surface area (TPSA) is 66.0 Å². The molecule has 0 saturated carbocycles. The molecule has 0 radical (unpaired) electrons. The van der Waals surface area contributed by atoms with Gasteiger partial charge in [0.05, 0.1) is 13.1 Å². The van der Waals surface area contributed by atoms with E-state index in [0.29, 0.717) is 12.5 Å². The van der Waals surface area contributed by atoms with E-state index < -0.39 is 0 Å². The summed E-state index contributed by atoms with van der Waals surface area (Å²) in [4.78, 5) is 18.0. The van der Waals surface area contributed by atoms with Crippen LogP contribution >= 0.6 is 0 Å². The van der Waals surface area contributed by atoms with Crippen LogP contribution in [-0.2, 0) is 16.1 Å². The van der Waals surface area contributed by atoms with Gasteiger partial charge in [-0.2, -0.15) is 0 Å². The number of benzene rings is 1. The maximum atomic E-state index is 11.8. The lowest BCUT2D eigenvalue weighted by Crippen LogP contribution is -2.45. The molecule has 1 aromatic carbocycles. The van der Waals surface area contributed by atoms with E-state index in [4.69, 9.17) is 4.74 Å². The van der Waals surface area contributed by atoms with Gasteiger partial charge in [0, 0.05) is 34.4 Å². The standard InChI is InChI=1S/C19H32N4O2/c1-19(2,11-12-25-5)15-22-18(21-14-17(24)23(3)4)20-13-16-9-7-6-8-10-16/h6-10H,11-15H2,1-5H3,(H2,20,21,22). The Morgan fingerprint density at radius 3 is 2.48 bits per heavy atom. The molecule has 1 rings (SSSR count). The number of amides is 1. The van der Waals surface area contributed by atoms with Crippen molar-refractivity contribution in [1.29, 1.82) is 0 Å². The second kappa shape index (κ2) is 10.7. The van der Waals surface area contributed by atoms with Gasteiger partial charge < -0.3 is 20.3 Å². The minimum Gasteiger partial charge on any atom is -0.385 e. The highest BCUT2D eigenvalue weighted by Gasteiger charge is 2.18. The quantitative estimate of drug-likeness (QED) is 0.528. The smallest absolute Gasteiger partial charge is 0.241 e. The van der Waals surface area contributed by atoms with Crippen molar-refractivity contribution < 1.29 is 9.53 Å². The average Bonchev–Trinajstić information content (AvgIpc) is 2.59. The largest absolute Gasteiger partial charge is 0.385 e. The van der Waals surface area contributed by atoms with Crippen LogP contribution in [0.1, 0.15) is 25.8 Å². The number of aliphatic imine (C=N–C) groups is 1. The van der Waals surface area contributed by atoms with Crippen LogP contribution in [0.25, 0.3) is 0 Å². The fourth-order valence-electron chi connectivity index (χ4n) is 2.04. The maximum Gasteiger partial charge on any atom is 0.241 e. The highest BCUT2D eigenvalue weighted by atomic mass is 16.5. The van der Waals surface area contributed by atoms with E-state index in [0.717, 1.165) is 25.1 Å². The molecule has 0 bridgehead atoms. The van der Waals surface area contributed by atoms with E-state index in [1.807, 2.05) is 30.3 Å². The van der Waals surface area contributed by atoms with Gasteiger partial charge in [-0.05, 0) is 17.4 Å². The lowest BCUT2D eigenvalue weighted by Gasteiger charge is -2.26. The number of carbonyl (C=O) groups is 1. The zero-order valence-electron chi connectivity index (χ0n) is 16.1. The zero-order chi connectivity index (χ0) is 18.7. The number of nitrogens with zero attached hydrogens (tertiary/aromatic N) is 2. The summed E-state index contributed by atoms with van der Waals surface area (Å²) in [5.74, 6) is 0.650. The van der Waals surface area contributed by atoms with Crippen LogP contribution in [0.2, 0.25) is 0 Å². The Hall–Kier alpha value is -2.08. The van der Waals surface area contributed by atoms with Crippen LogP contribution in [0.3, 0.4) is 0 Å². The molecule has 0 atom stereocenters. The zero-order valence-corrected chi connectivity index (χ0v) is 16.1. The Labute approximate surface area is 151 Å². The number of methoxy groups -OCH3 is 1. The van der Waals surface area contributed by atoms with Crippen LogP contribution in [0.4, 0.5) is 0 Å². The van der Waals surface area contributed by atoms with Crippen molar-refractivity contribution in [2.24, 2.45) is 10.4 Å². The predicted molar refractivity (Wildman–Crippen MR) is 103 cm³/mol. The number of hydrogen-bond acceptors (Lipinski definition) is 3. The SMILES string of the molecule is COCCC(C)(C)CNC(=NCc1ccccc1)NCC(=O)N(C)C. The molecule has 6 nitrogen and oxygen atoms in total. The summed E-state index contributed by atoms with van der Waals surface area (Å²) in [5.41, 5.74) is 1.19. The highest BCUT2D eigenvalue weighted by Crippen LogP contribution is 2.18. The number of hydrogen-bond donors (Lipinski definition) is 2. The molecule has 0 saturated heterocycles. The van der Waals surface area contributed by atoms with Crippen molar-refractivity contribution in [3.05, 3.63) is 35.9 Å². The molecule has 1 aromatic rings. The summed E-state index contributed by atoms with van der Waals surface area (Å²) in [6, 6.07) is 10.0. The van der Waals surface area contributed by atoms with Gasteiger partial charge in [0.25, 0.3) is 0 Å². The third-order valence-corrected chi connectivity index (χ3v) is 3.89. The first-order valence-electron chi connectivity index (χ1n) is 8.59. The molecule has 140 valence electrons. The van der Waals surface area contributed by atoms with Gasteiger partial charge in [-0.15, -0.1) is 0 Å². The van der Waals surface area contributed by atoms with Crippen LogP contribution in [0.5, 0.6) is 0 Å². The Morgan fingerprint density at radius 2 is 1.88 bits per heavy atom. The highest BCUT2D eigenvalue weighted by molar-refractivity contribution is 5.86. The van der Waals surface area contributed by atoms with Crippen molar-refractivity contribution >= 4 is 11.9 Å². The second-order valence-corrected chi connectivity index (χ2v) is 7.05. The van der Waals surface area contributed by atoms with E-state index in [1.54, 1.807) is 26.1 Å². The molecule has 0 heterocycles. The van der Waals surface area contributed by atoms with Gasteiger partial charge in [-0.25, -0.2) is 4.99 Å². The van der Waals surface area contributed by atoms with Gasteiger partial charge in [-0.1, -0.05) is 44.2 Å².